The normalized spacial score (nSPS) is 17.4. The number of nitrogens with zero attached hydrogens (tertiary/aromatic N) is 2. The Labute approximate surface area is 74.7 Å². The van der Waals surface area contributed by atoms with Gasteiger partial charge in [-0.2, -0.15) is 5.10 Å². The van der Waals surface area contributed by atoms with Crippen LogP contribution in [-0.2, 0) is 7.05 Å². The molecule has 1 fully saturated rings. The van der Waals surface area contributed by atoms with Gasteiger partial charge in [-0.1, -0.05) is 0 Å². The molecule has 0 spiro atoms. The quantitative estimate of drug-likeness (QED) is 0.703. The van der Waals surface area contributed by atoms with E-state index in [-0.39, 0.29) is 0 Å². The third-order valence-electron chi connectivity index (χ3n) is 2.16. The monoisotopic (exact) mass is 214 g/mol. The summed E-state index contributed by atoms with van der Waals surface area (Å²) in [7, 11) is 2.02. The van der Waals surface area contributed by atoms with Gasteiger partial charge < -0.3 is 0 Å². The summed E-state index contributed by atoms with van der Waals surface area (Å²) >= 11 is 3.56. The zero-order chi connectivity index (χ0) is 8.01. The van der Waals surface area contributed by atoms with Gasteiger partial charge in [0.05, 0.1) is 15.9 Å². The number of aromatic nitrogens is 2. The summed E-state index contributed by atoms with van der Waals surface area (Å²) in [6.07, 6.45) is 2.66. The van der Waals surface area contributed by atoms with Crippen LogP contribution in [0.25, 0.3) is 0 Å². The molecule has 1 aromatic rings. The number of rotatable bonds is 1. The van der Waals surface area contributed by atoms with Crippen molar-refractivity contribution in [3.05, 3.63) is 15.9 Å². The molecule has 0 radical (unpaired) electrons. The third-order valence-corrected chi connectivity index (χ3v) is 3.14. The maximum absolute atomic E-state index is 4.34. The Morgan fingerprint density at radius 2 is 2.18 bits per heavy atom. The average molecular weight is 215 g/mol. The Kier molecular flexibility index (Phi) is 1.56. The lowest BCUT2D eigenvalue weighted by molar-refractivity contribution is 0.706. The van der Waals surface area contributed by atoms with E-state index < -0.39 is 0 Å². The molecule has 2 nitrogen and oxygen atoms in total. The fourth-order valence-corrected chi connectivity index (χ4v) is 2.11. The van der Waals surface area contributed by atoms with Crippen molar-refractivity contribution in [1.29, 1.82) is 0 Å². The number of aryl methyl sites for hydroxylation is 2. The highest BCUT2D eigenvalue weighted by molar-refractivity contribution is 9.10. The molecule has 0 unspecified atom stereocenters. The first-order valence-electron chi connectivity index (χ1n) is 3.89. The standard InChI is InChI=1S/C8H11BrN2/c1-5-7(9)8(6-3-4-6)11(2)10-5/h6H,3-4H2,1-2H3. The molecule has 3 heteroatoms. The van der Waals surface area contributed by atoms with Crippen molar-refractivity contribution in [2.45, 2.75) is 25.7 Å². The van der Waals surface area contributed by atoms with Gasteiger partial charge in [0.1, 0.15) is 0 Å². The molecule has 0 amide bonds. The molecule has 0 N–H and O–H groups in total. The lowest BCUT2D eigenvalue weighted by atomic mass is 10.3. The lowest BCUT2D eigenvalue weighted by Gasteiger charge is -1.97. The van der Waals surface area contributed by atoms with E-state index in [4.69, 9.17) is 0 Å². The largest absolute Gasteiger partial charge is 0.271 e. The molecule has 1 aromatic heterocycles. The van der Waals surface area contributed by atoms with E-state index in [1.807, 2.05) is 18.7 Å². The second-order valence-corrected chi connectivity index (χ2v) is 3.98. The van der Waals surface area contributed by atoms with Crippen LogP contribution in [0.3, 0.4) is 0 Å². The highest BCUT2D eigenvalue weighted by atomic mass is 79.9. The second-order valence-electron chi connectivity index (χ2n) is 3.18. The van der Waals surface area contributed by atoms with Gasteiger partial charge in [0.2, 0.25) is 0 Å². The summed E-state index contributed by atoms with van der Waals surface area (Å²) in [5.74, 6) is 0.774. The average Bonchev–Trinajstić information content (AvgIpc) is 2.68. The minimum atomic E-state index is 0.774. The Hall–Kier alpha value is -0.310. The molecule has 0 aliphatic heterocycles. The third kappa shape index (κ3) is 1.11. The van der Waals surface area contributed by atoms with E-state index >= 15 is 0 Å². The number of hydrogen-bond donors (Lipinski definition) is 0. The summed E-state index contributed by atoms with van der Waals surface area (Å²) in [6.45, 7) is 2.04. The van der Waals surface area contributed by atoms with Crippen LogP contribution < -0.4 is 0 Å². The zero-order valence-corrected chi connectivity index (χ0v) is 8.35. The Balaban J connectivity index is 2.50. The van der Waals surface area contributed by atoms with Crippen LogP contribution in [0.4, 0.5) is 0 Å². The number of halogens is 1. The van der Waals surface area contributed by atoms with Crippen LogP contribution in [0.5, 0.6) is 0 Å². The summed E-state index contributed by atoms with van der Waals surface area (Å²) in [5, 5.41) is 4.34. The summed E-state index contributed by atoms with van der Waals surface area (Å²) in [6, 6.07) is 0. The van der Waals surface area contributed by atoms with Crippen molar-refractivity contribution >= 4 is 15.9 Å². The predicted molar refractivity (Wildman–Crippen MR) is 47.6 cm³/mol. The predicted octanol–water partition coefficient (Wildman–Crippen LogP) is 2.37. The molecule has 1 aliphatic rings. The summed E-state index contributed by atoms with van der Waals surface area (Å²) in [5.41, 5.74) is 2.48. The van der Waals surface area contributed by atoms with Crippen LogP contribution in [0.15, 0.2) is 4.47 Å². The van der Waals surface area contributed by atoms with Crippen LogP contribution in [0, 0.1) is 6.92 Å². The van der Waals surface area contributed by atoms with Crippen molar-refractivity contribution in [3.63, 3.8) is 0 Å². The van der Waals surface area contributed by atoms with Gasteiger partial charge in [0, 0.05) is 13.0 Å². The van der Waals surface area contributed by atoms with E-state index in [1.165, 1.54) is 23.0 Å². The van der Waals surface area contributed by atoms with Crippen molar-refractivity contribution in [3.8, 4) is 0 Å². The zero-order valence-electron chi connectivity index (χ0n) is 6.76. The van der Waals surface area contributed by atoms with Crippen molar-refractivity contribution in [2.75, 3.05) is 0 Å². The SMILES string of the molecule is Cc1nn(C)c(C2CC2)c1Br. The van der Waals surface area contributed by atoms with Crippen molar-refractivity contribution in [2.24, 2.45) is 7.05 Å². The molecule has 1 saturated carbocycles. The fourth-order valence-electron chi connectivity index (χ4n) is 1.45. The molecule has 1 heterocycles. The van der Waals surface area contributed by atoms with Crippen LogP contribution >= 0.6 is 15.9 Å². The molecule has 0 aromatic carbocycles. The highest BCUT2D eigenvalue weighted by Gasteiger charge is 2.29. The highest BCUT2D eigenvalue weighted by Crippen LogP contribution is 2.43. The van der Waals surface area contributed by atoms with E-state index in [0.717, 1.165) is 11.6 Å². The molecular weight excluding hydrogens is 204 g/mol. The van der Waals surface area contributed by atoms with E-state index in [0.29, 0.717) is 0 Å². The molecule has 0 bridgehead atoms. The van der Waals surface area contributed by atoms with E-state index in [9.17, 15) is 0 Å². The molecule has 1 aliphatic carbocycles. The number of hydrogen-bond acceptors (Lipinski definition) is 1. The molecule has 11 heavy (non-hydrogen) atoms. The Morgan fingerprint density at radius 3 is 2.55 bits per heavy atom. The second kappa shape index (κ2) is 2.34. The van der Waals surface area contributed by atoms with Gasteiger partial charge in [-0.15, -0.1) is 0 Å². The fraction of sp³-hybridized carbons (Fsp3) is 0.625. The lowest BCUT2D eigenvalue weighted by Crippen LogP contribution is -1.95. The molecule has 0 atom stereocenters. The maximum Gasteiger partial charge on any atom is 0.0738 e. The topological polar surface area (TPSA) is 17.8 Å². The van der Waals surface area contributed by atoms with Gasteiger partial charge in [-0.25, -0.2) is 0 Å². The smallest absolute Gasteiger partial charge is 0.0738 e. The van der Waals surface area contributed by atoms with Crippen molar-refractivity contribution in [1.82, 2.24) is 9.78 Å². The first kappa shape index (κ1) is 7.35. The minimum absolute atomic E-state index is 0.774. The Bertz CT molecular complexity index is 287. The van der Waals surface area contributed by atoms with Crippen LogP contribution in [0.1, 0.15) is 30.1 Å². The molecule has 2 rings (SSSR count). The molecule has 60 valence electrons. The van der Waals surface area contributed by atoms with Gasteiger partial charge in [-0.3, -0.25) is 4.68 Å². The van der Waals surface area contributed by atoms with Gasteiger partial charge >= 0.3 is 0 Å². The summed E-state index contributed by atoms with van der Waals surface area (Å²) < 4.78 is 3.21. The van der Waals surface area contributed by atoms with E-state index in [2.05, 4.69) is 21.0 Å². The summed E-state index contributed by atoms with van der Waals surface area (Å²) in [4.78, 5) is 0. The van der Waals surface area contributed by atoms with E-state index in [1.54, 1.807) is 0 Å². The van der Waals surface area contributed by atoms with Crippen LogP contribution in [0.2, 0.25) is 0 Å². The maximum atomic E-state index is 4.34. The van der Waals surface area contributed by atoms with Gasteiger partial charge in [0.25, 0.3) is 0 Å². The first-order chi connectivity index (χ1) is 5.20. The van der Waals surface area contributed by atoms with Gasteiger partial charge in [-0.05, 0) is 35.7 Å². The van der Waals surface area contributed by atoms with Gasteiger partial charge in [0.15, 0.2) is 0 Å². The van der Waals surface area contributed by atoms with Crippen LogP contribution in [-0.4, -0.2) is 9.78 Å². The molecule has 0 saturated heterocycles. The van der Waals surface area contributed by atoms with Crippen molar-refractivity contribution < 1.29 is 0 Å². The molecular formula is C8H11BrN2. The minimum Gasteiger partial charge on any atom is -0.271 e. The first-order valence-corrected chi connectivity index (χ1v) is 4.68. The Morgan fingerprint density at radius 1 is 1.55 bits per heavy atom.